The second-order valence-corrected chi connectivity index (χ2v) is 7.46. The lowest BCUT2D eigenvalue weighted by molar-refractivity contribution is -0.122. The van der Waals surface area contributed by atoms with Gasteiger partial charge in [0.2, 0.25) is 15.9 Å². The summed E-state index contributed by atoms with van der Waals surface area (Å²) in [5.74, 6) is 0.352. The molecular formula is C14H21N3O3S. The number of sulfonamides is 1. The molecule has 0 aromatic heterocycles. The molecule has 0 saturated heterocycles. The van der Waals surface area contributed by atoms with E-state index in [1.807, 2.05) is 0 Å². The maximum absolute atomic E-state index is 11.9. The fraction of sp³-hybridized carbons (Fsp3) is 0.500. The van der Waals surface area contributed by atoms with Gasteiger partial charge in [0.05, 0.1) is 4.90 Å². The van der Waals surface area contributed by atoms with E-state index in [1.165, 1.54) is 18.4 Å². The third-order valence-electron chi connectivity index (χ3n) is 3.33. The van der Waals surface area contributed by atoms with Gasteiger partial charge in [-0.3, -0.25) is 4.79 Å². The molecule has 1 amide bonds. The number of anilines is 1. The number of amides is 1. The van der Waals surface area contributed by atoms with E-state index >= 15 is 0 Å². The van der Waals surface area contributed by atoms with Gasteiger partial charge < -0.3 is 10.6 Å². The van der Waals surface area contributed by atoms with E-state index in [-0.39, 0.29) is 16.7 Å². The Hall–Kier alpha value is -1.60. The first-order chi connectivity index (χ1) is 9.91. The van der Waals surface area contributed by atoms with E-state index in [9.17, 15) is 13.2 Å². The number of benzene rings is 1. The van der Waals surface area contributed by atoms with Gasteiger partial charge in [-0.25, -0.2) is 12.7 Å². The highest BCUT2D eigenvalue weighted by molar-refractivity contribution is 7.89. The Morgan fingerprint density at radius 3 is 2.33 bits per heavy atom. The van der Waals surface area contributed by atoms with Crippen LogP contribution in [0.2, 0.25) is 0 Å². The number of nitrogens with one attached hydrogen (secondary N) is 2. The highest BCUT2D eigenvalue weighted by Gasteiger charge is 2.28. The average Bonchev–Trinajstić information content (AvgIpc) is 3.28. The Morgan fingerprint density at radius 1 is 1.19 bits per heavy atom. The molecule has 2 rings (SSSR count). The van der Waals surface area contributed by atoms with Crippen molar-refractivity contribution in [1.29, 1.82) is 0 Å². The fourth-order valence-electron chi connectivity index (χ4n) is 1.84. The van der Waals surface area contributed by atoms with Crippen molar-refractivity contribution < 1.29 is 13.2 Å². The van der Waals surface area contributed by atoms with Gasteiger partial charge in [0, 0.05) is 38.8 Å². The Morgan fingerprint density at radius 2 is 1.81 bits per heavy atom. The minimum Gasteiger partial charge on any atom is -0.383 e. The number of carbonyl (C=O) groups is 1. The Labute approximate surface area is 125 Å². The summed E-state index contributed by atoms with van der Waals surface area (Å²) in [4.78, 5) is 11.7. The second-order valence-electron chi connectivity index (χ2n) is 5.30. The molecular weight excluding hydrogens is 290 g/mol. The normalized spacial score (nSPS) is 15.0. The summed E-state index contributed by atoms with van der Waals surface area (Å²) in [6.07, 6.45) is 2.00. The summed E-state index contributed by atoms with van der Waals surface area (Å²) in [5, 5.41) is 6.01. The number of hydrogen-bond donors (Lipinski definition) is 2. The SMILES string of the molecule is CN(C)S(=O)(=O)c1ccc(NCCNC(=O)C2CC2)cc1. The molecule has 116 valence electrons. The van der Waals surface area contributed by atoms with Gasteiger partial charge in [-0.05, 0) is 37.1 Å². The Bertz CT molecular complexity index is 592. The van der Waals surface area contributed by atoms with Crippen LogP contribution in [-0.2, 0) is 14.8 Å². The standard InChI is InChI=1S/C14H21N3O3S/c1-17(2)21(19,20)13-7-5-12(6-8-13)15-9-10-16-14(18)11-3-4-11/h5-8,11,15H,3-4,9-10H2,1-2H3,(H,16,18). The number of rotatable bonds is 7. The molecule has 0 atom stereocenters. The van der Waals surface area contributed by atoms with Crippen molar-refractivity contribution in [3.05, 3.63) is 24.3 Å². The van der Waals surface area contributed by atoms with Crippen LogP contribution >= 0.6 is 0 Å². The quantitative estimate of drug-likeness (QED) is 0.733. The predicted molar refractivity (Wildman–Crippen MR) is 81.5 cm³/mol. The fourth-order valence-corrected chi connectivity index (χ4v) is 2.74. The molecule has 1 aromatic carbocycles. The molecule has 21 heavy (non-hydrogen) atoms. The summed E-state index contributed by atoms with van der Waals surface area (Å²) in [6.45, 7) is 1.17. The van der Waals surface area contributed by atoms with Gasteiger partial charge in [-0.2, -0.15) is 0 Å². The summed E-state index contributed by atoms with van der Waals surface area (Å²) < 4.78 is 25.0. The van der Waals surface area contributed by atoms with Crippen LogP contribution in [-0.4, -0.2) is 45.8 Å². The zero-order valence-corrected chi connectivity index (χ0v) is 13.1. The smallest absolute Gasteiger partial charge is 0.242 e. The molecule has 1 aromatic rings. The van der Waals surface area contributed by atoms with Crippen molar-refractivity contribution in [2.45, 2.75) is 17.7 Å². The molecule has 1 aliphatic rings. The minimum atomic E-state index is -3.38. The van der Waals surface area contributed by atoms with Crippen LogP contribution < -0.4 is 10.6 Å². The molecule has 0 heterocycles. The maximum atomic E-state index is 11.9. The van der Waals surface area contributed by atoms with Gasteiger partial charge >= 0.3 is 0 Å². The van der Waals surface area contributed by atoms with Gasteiger partial charge in [0.15, 0.2) is 0 Å². The molecule has 1 aliphatic carbocycles. The van der Waals surface area contributed by atoms with Crippen LogP contribution in [0.3, 0.4) is 0 Å². The van der Waals surface area contributed by atoms with Crippen molar-refractivity contribution >= 4 is 21.6 Å². The molecule has 2 N–H and O–H groups in total. The van der Waals surface area contributed by atoms with E-state index in [1.54, 1.807) is 24.3 Å². The molecule has 0 bridgehead atoms. The van der Waals surface area contributed by atoms with Crippen molar-refractivity contribution in [3.63, 3.8) is 0 Å². The highest BCUT2D eigenvalue weighted by Crippen LogP contribution is 2.28. The maximum Gasteiger partial charge on any atom is 0.242 e. The molecule has 1 fully saturated rings. The van der Waals surface area contributed by atoms with Crippen LogP contribution in [0.4, 0.5) is 5.69 Å². The Balaban J connectivity index is 1.81. The van der Waals surface area contributed by atoms with Gasteiger partial charge in [-0.15, -0.1) is 0 Å². The largest absolute Gasteiger partial charge is 0.383 e. The van der Waals surface area contributed by atoms with Gasteiger partial charge in [-0.1, -0.05) is 0 Å². The van der Waals surface area contributed by atoms with E-state index in [2.05, 4.69) is 10.6 Å². The van der Waals surface area contributed by atoms with Gasteiger partial charge in [0.25, 0.3) is 0 Å². The van der Waals surface area contributed by atoms with Crippen molar-refractivity contribution in [3.8, 4) is 0 Å². The van der Waals surface area contributed by atoms with Gasteiger partial charge in [0.1, 0.15) is 0 Å². The number of carbonyl (C=O) groups excluding carboxylic acids is 1. The topological polar surface area (TPSA) is 78.5 Å². The summed E-state index contributed by atoms with van der Waals surface area (Å²) in [6, 6.07) is 6.58. The van der Waals surface area contributed by atoms with Crippen LogP contribution in [0, 0.1) is 5.92 Å². The first-order valence-electron chi connectivity index (χ1n) is 6.95. The lowest BCUT2D eigenvalue weighted by Gasteiger charge is -2.12. The molecule has 1 saturated carbocycles. The second kappa shape index (κ2) is 6.44. The third kappa shape index (κ3) is 4.18. The molecule has 0 unspecified atom stereocenters. The van der Waals surface area contributed by atoms with Crippen LogP contribution in [0.25, 0.3) is 0 Å². The highest BCUT2D eigenvalue weighted by atomic mass is 32.2. The first-order valence-corrected chi connectivity index (χ1v) is 8.39. The monoisotopic (exact) mass is 311 g/mol. The average molecular weight is 311 g/mol. The number of nitrogens with zero attached hydrogens (tertiary/aromatic N) is 1. The first kappa shape index (κ1) is 15.8. The lowest BCUT2D eigenvalue weighted by atomic mass is 10.3. The molecule has 6 nitrogen and oxygen atoms in total. The third-order valence-corrected chi connectivity index (χ3v) is 5.16. The van der Waals surface area contributed by atoms with Crippen LogP contribution in [0.5, 0.6) is 0 Å². The molecule has 0 radical (unpaired) electrons. The van der Waals surface area contributed by atoms with E-state index in [0.717, 1.165) is 18.5 Å². The molecule has 0 aliphatic heterocycles. The lowest BCUT2D eigenvalue weighted by Crippen LogP contribution is -2.29. The van der Waals surface area contributed by atoms with E-state index in [0.29, 0.717) is 13.1 Å². The predicted octanol–water partition coefficient (Wildman–Crippen LogP) is 0.875. The Kier molecular flexibility index (Phi) is 4.84. The van der Waals surface area contributed by atoms with Crippen molar-refractivity contribution in [1.82, 2.24) is 9.62 Å². The summed E-state index contributed by atoms with van der Waals surface area (Å²) in [7, 11) is -0.376. The van der Waals surface area contributed by atoms with Crippen LogP contribution in [0.1, 0.15) is 12.8 Å². The minimum absolute atomic E-state index is 0.129. The molecule has 7 heteroatoms. The van der Waals surface area contributed by atoms with Crippen molar-refractivity contribution in [2.24, 2.45) is 5.92 Å². The zero-order chi connectivity index (χ0) is 15.5. The van der Waals surface area contributed by atoms with Crippen molar-refractivity contribution in [2.75, 3.05) is 32.5 Å². The van der Waals surface area contributed by atoms with Crippen LogP contribution in [0.15, 0.2) is 29.2 Å². The number of hydrogen-bond acceptors (Lipinski definition) is 4. The van der Waals surface area contributed by atoms with E-state index < -0.39 is 10.0 Å². The summed E-state index contributed by atoms with van der Waals surface area (Å²) in [5.41, 5.74) is 0.827. The molecule has 0 spiro atoms. The van der Waals surface area contributed by atoms with E-state index in [4.69, 9.17) is 0 Å². The zero-order valence-electron chi connectivity index (χ0n) is 12.3. The summed E-state index contributed by atoms with van der Waals surface area (Å²) >= 11 is 0.